The predicted molar refractivity (Wildman–Crippen MR) is 80.2 cm³/mol. The van der Waals surface area contributed by atoms with Crippen molar-refractivity contribution in [2.24, 2.45) is 16.3 Å². The number of hydrogen-bond acceptors (Lipinski definition) is 5. The normalized spacial score (nSPS) is 12.4. The van der Waals surface area contributed by atoms with Gasteiger partial charge in [0.1, 0.15) is 5.84 Å². The van der Waals surface area contributed by atoms with Crippen molar-refractivity contribution in [1.29, 1.82) is 0 Å². The van der Waals surface area contributed by atoms with Crippen LogP contribution in [0, 0.1) is 15.5 Å². The summed E-state index contributed by atoms with van der Waals surface area (Å²) < 4.78 is 0. The fourth-order valence-electron chi connectivity index (χ4n) is 1.63. The molecule has 0 radical (unpaired) electrons. The summed E-state index contributed by atoms with van der Waals surface area (Å²) in [5.74, 6) is 1.11. The predicted octanol–water partition coefficient (Wildman–Crippen LogP) is 3.24. The maximum Gasteiger partial charge on any atom is 0.269 e. The Morgan fingerprint density at radius 3 is 2.55 bits per heavy atom. The number of oxime groups is 1. The molecule has 0 fully saturated rings. The van der Waals surface area contributed by atoms with Gasteiger partial charge in [0.25, 0.3) is 5.69 Å². The zero-order valence-corrected chi connectivity index (χ0v) is 12.4. The van der Waals surface area contributed by atoms with Crippen molar-refractivity contribution >= 4 is 23.3 Å². The van der Waals surface area contributed by atoms with Gasteiger partial charge >= 0.3 is 0 Å². The number of benzene rings is 1. The van der Waals surface area contributed by atoms with Gasteiger partial charge in [-0.05, 0) is 30.7 Å². The van der Waals surface area contributed by atoms with Crippen molar-refractivity contribution < 1.29 is 10.1 Å². The van der Waals surface area contributed by atoms with Crippen LogP contribution in [0.3, 0.4) is 0 Å². The van der Waals surface area contributed by atoms with Gasteiger partial charge in [-0.1, -0.05) is 19.0 Å². The van der Waals surface area contributed by atoms with Crippen molar-refractivity contribution in [3.05, 3.63) is 34.4 Å². The molecule has 0 aliphatic carbocycles. The third-order valence-electron chi connectivity index (χ3n) is 3.06. The lowest BCUT2D eigenvalue weighted by molar-refractivity contribution is -0.384. The van der Waals surface area contributed by atoms with Crippen molar-refractivity contribution in [2.45, 2.75) is 31.6 Å². The van der Waals surface area contributed by atoms with Gasteiger partial charge in [0.15, 0.2) is 0 Å². The summed E-state index contributed by atoms with van der Waals surface area (Å²) in [6, 6.07) is 6.50. The summed E-state index contributed by atoms with van der Waals surface area (Å²) in [5.41, 5.74) is 5.39. The Bertz CT molecular complexity index is 486. The molecule has 1 rings (SSSR count). The minimum Gasteiger partial charge on any atom is -0.409 e. The highest BCUT2D eigenvalue weighted by atomic mass is 32.2. The van der Waals surface area contributed by atoms with Crippen LogP contribution in [0.1, 0.15) is 26.7 Å². The van der Waals surface area contributed by atoms with E-state index in [1.165, 1.54) is 12.1 Å². The molecule has 110 valence electrons. The third-order valence-corrected chi connectivity index (χ3v) is 4.16. The number of nitro benzene ring substituents is 1. The summed E-state index contributed by atoms with van der Waals surface area (Å²) in [4.78, 5) is 11.1. The van der Waals surface area contributed by atoms with Crippen LogP contribution in [0.15, 0.2) is 34.3 Å². The second kappa shape index (κ2) is 7.14. The minimum atomic E-state index is -0.409. The second-order valence-electron chi connectivity index (χ2n) is 5.07. The zero-order chi connectivity index (χ0) is 15.2. The van der Waals surface area contributed by atoms with Gasteiger partial charge in [-0.25, -0.2) is 0 Å². The molecule has 7 heteroatoms. The van der Waals surface area contributed by atoms with E-state index < -0.39 is 4.92 Å². The van der Waals surface area contributed by atoms with Crippen LogP contribution in [-0.2, 0) is 0 Å². The van der Waals surface area contributed by atoms with E-state index in [4.69, 9.17) is 10.9 Å². The Hall–Kier alpha value is -1.76. The molecule has 0 saturated heterocycles. The molecule has 20 heavy (non-hydrogen) atoms. The molecule has 0 saturated carbocycles. The Balaban J connectivity index is 2.40. The van der Waals surface area contributed by atoms with Gasteiger partial charge in [0.05, 0.1) is 4.92 Å². The van der Waals surface area contributed by atoms with Gasteiger partial charge in [0, 0.05) is 22.4 Å². The SMILES string of the molecule is CC(C)(CCCSc1ccc([N+](=O)[O-])cc1)C(N)=NO. The van der Waals surface area contributed by atoms with Crippen molar-refractivity contribution in [3.8, 4) is 0 Å². The first-order valence-corrected chi connectivity index (χ1v) is 7.20. The van der Waals surface area contributed by atoms with Crippen LogP contribution < -0.4 is 5.73 Å². The number of non-ortho nitro benzene ring substituents is 1. The molecule has 6 nitrogen and oxygen atoms in total. The molecule has 3 N–H and O–H groups in total. The van der Waals surface area contributed by atoms with E-state index in [1.807, 2.05) is 13.8 Å². The van der Waals surface area contributed by atoms with Gasteiger partial charge in [-0.2, -0.15) is 0 Å². The Labute approximate surface area is 122 Å². The van der Waals surface area contributed by atoms with E-state index >= 15 is 0 Å². The molecule has 0 bridgehead atoms. The number of thioether (sulfide) groups is 1. The van der Waals surface area contributed by atoms with Crippen molar-refractivity contribution in [1.82, 2.24) is 0 Å². The molecule has 0 amide bonds. The molecule has 0 spiro atoms. The summed E-state index contributed by atoms with van der Waals surface area (Å²) in [7, 11) is 0. The number of nitro groups is 1. The van der Waals surface area contributed by atoms with E-state index in [0.29, 0.717) is 0 Å². The molecule has 1 aromatic carbocycles. The largest absolute Gasteiger partial charge is 0.409 e. The highest BCUT2D eigenvalue weighted by molar-refractivity contribution is 7.99. The number of nitrogens with two attached hydrogens (primary N) is 1. The maximum atomic E-state index is 10.5. The zero-order valence-electron chi connectivity index (χ0n) is 11.6. The highest BCUT2D eigenvalue weighted by Gasteiger charge is 2.22. The molecule has 0 aliphatic heterocycles. The summed E-state index contributed by atoms with van der Waals surface area (Å²) in [5, 5.41) is 22.3. The summed E-state index contributed by atoms with van der Waals surface area (Å²) in [6.45, 7) is 3.86. The molecule has 0 atom stereocenters. The Morgan fingerprint density at radius 1 is 1.45 bits per heavy atom. The monoisotopic (exact) mass is 297 g/mol. The molecule has 0 unspecified atom stereocenters. The van der Waals surface area contributed by atoms with Gasteiger partial charge in [0.2, 0.25) is 0 Å². The maximum absolute atomic E-state index is 10.5. The van der Waals surface area contributed by atoms with E-state index in [2.05, 4.69) is 5.16 Å². The summed E-state index contributed by atoms with van der Waals surface area (Å²) in [6.07, 6.45) is 1.72. The standard InChI is InChI=1S/C13H19N3O3S/c1-13(2,12(14)15-17)8-3-9-20-11-6-4-10(5-7-11)16(18)19/h4-7,17H,3,8-9H2,1-2H3,(H2,14,15). The number of nitrogens with zero attached hydrogens (tertiary/aromatic N) is 2. The lowest BCUT2D eigenvalue weighted by atomic mass is 9.87. The lowest BCUT2D eigenvalue weighted by Gasteiger charge is -2.22. The second-order valence-corrected chi connectivity index (χ2v) is 6.24. The summed E-state index contributed by atoms with van der Waals surface area (Å²) >= 11 is 1.64. The van der Waals surface area contributed by atoms with E-state index in [9.17, 15) is 10.1 Å². The molecule has 0 aliphatic rings. The molecule has 1 aromatic rings. The van der Waals surface area contributed by atoms with Crippen LogP contribution in [0.5, 0.6) is 0 Å². The van der Waals surface area contributed by atoms with E-state index in [-0.39, 0.29) is 16.9 Å². The van der Waals surface area contributed by atoms with Gasteiger partial charge < -0.3 is 10.9 Å². The van der Waals surface area contributed by atoms with E-state index in [0.717, 1.165) is 23.5 Å². The average Bonchev–Trinajstić information content (AvgIpc) is 2.43. The minimum absolute atomic E-state index is 0.0995. The van der Waals surface area contributed by atoms with Crippen LogP contribution in [0.4, 0.5) is 5.69 Å². The van der Waals surface area contributed by atoms with Crippen LogP contribution >= 0.6 is 11.8 Å². The van der Waals surface area contributed by atoms with E-state index in [1.54, 1.807) is 23.9 Å². The fraction of sp³-hybridized carbons (Fsp3) is 0.462. The quantitative estimate of drug-likeness (QED) is 0.153. The molecular formula is C13H19N3O3S. The Morgan fingerprint density at radius 2 is 2.05 bits per heavy atom. The van der Waals surface area contributed by atoms with Gasteiger partial charge in [-0.3, -0.25) is 10.1 Å². The van der Waals surface area contributed by atoms with Gasteiger partial charge in [-0.15, -0.1) is 11.8 Å². The van der Waals surface area contributed by atoms with Crippen LogP contribution in [0.2, 0.25) is 0 Å². The van der Waals surface area contributed by atoms with Crippen LogP contribution in [0.25, 0.3) is 0 Å². The first-order chi connectivity index (χ1) is 9.36. The smallest absolute Gasteiger partial charge is 0.269 e. The van der Waals surface area contributed by atoms with Crippen molar-refractivity contribution in [2.75, 3.05) is 5.75 Å². The lowest BCUT2D eigenvalue weighted by Crippen LogP contribution is -2.31. The number of hydrogen-bond donors (Lipinski definition) is 2. The molecular weight excluding hydrogens is 278 g/mol. The first kappa shape index (κ1) is 16.3. The highest BCUT2D eigenvalue weighted by Crippen LogP contribution is 2.26. The topological polar surface area (TPSA) is 102 Å². The third kappa shape index (κ3) is 4.73. The molecule has 0 heterocycles. The average molecular weight is 297 g/mol. The fourth-order valence-corrected chi connectivity index (χ4v) is 2.48. The Kier molecular flexibility index (Phi) is 5.82. The van der Waals surface area contributed by atoms with Crippen molar-refractivity contribution in [3.63, 3.8) is 0 Å². The number of amidine groups is 1. The molecule has 0 aromatic heterocycles. The number of rotatable bonds is 7. The van der Waals surface area contributed by atoms with Crippen LogP contribution in [-0.4, -0.2) is 21.7 Å². The first-order valence-electron chi connectivity index (χ1n) is 6.22.